The van der Waals surface area contributed by atoms with Gasteiger partial charge in [-0.2, -0.15) is 0 Å². The number of nitrogens with zero attached hydrogens (tertiary/aromatic N) is 5. The monoisotopic (exact) mass is 1540 g/mol. The molecule has 3 heterocycles. The fourth-order valence-electron chi connectivity index (χ4n) is 12.6. The van der Waals surface area contributed by atoms with Crippen molar-refractivity contribution in [2.45, 2.75) is 171 Å². The summed E-state index contributed by atoms with van der Waals surface area (Å²) in [6, 6.07) is 13.7. The first-order chi connectivity index (χ1) is 52.6. The van der Waals surface area contributed by atoms with Gasteiger partial charge < -0.3 is 85.9 Å². The van der Waals surface area contributed by atoms with E-state index in [1.807, 2.05) is 36.4 Å². The number of nitrogens with one attached hydrogen (secondary N) is 13. The summed E-state index contributed by atoms with van der Waals surface area (Å²) in [5.41, 5.74) is 28.2. The summed E-state index contributed by atoms with van der Waals surface area (Å²) in [6.45, 7) is 4.16. The number of carbonyl (C=O) groups excluding carboxylic acids is 14. The van der Waals surface area contributed by atoms with Gasteiger partial charge in [-0.3, -0.25) is 77.5 Å². The van der Waals surface area contributed by atoms with Crippen molar-refractivity contribution < 1.29 is 67.1 Å². The Bertz CT molecular complexity index is 4190. The number of carbonyl (C=O) groups is 14. The van der Waals surface area contributed by atoms with Crippen LogP contribution in [-0.2, 0) is 92.8 Å². The molecule has 2 aliphatic rings. The predicted molar refractivity (Wildman–Crippen MR) is 403 cm³/mol. The Kier molecular flexibility index (Phi) is 32.9. The number of pyridine rings is 1. The van der Waals surface area contributed by atoms with Gasteiger partial charge in [0, 0.05) is 87.5 Å². The molecule has 1 aromatic heterocycles. The SMILES string of the molecule is CC(=O)N[C@H](Cc1ccc2ccccc2c1)C(=O)N[C@H](Cc1ccc(Cl)cc1)C(=O)N[C@H](Cc1cccnc1)C(=O)N[C@@H](CC(=O)N=[N+]=[N-])C(=O)N[C@H]1CC(=O)N[C@@H](Cc2ccccc2)C(=O)NCCC[C@@H](C(=O)N2CCC[C@H]2C(=O)NC(CN)C(N)=O)NC(=O)[C@H](CC(C)C)NC(=O)[C@@H](CCCNC(=N)N)NC1=O. The zero-order valence-corrected chi connectivity index (χ0v) is 61.8. The molecule has 36 heteroatoms. The van der Waals surface area contributed by atoms with Gasteiger partial charge in [0.1, 0.15) is 66.5 Å². The number of guanidine groups is 1. The molecule has 5 aromatic rings. The number of amides is 14. The predicted octanol–water partition coefficient (Wildman–Crippen LogP) is -0.702. The summed E-state index contributed by atoms with van der Waals surface area (Å²) in [4.78, 5) is 208. The summed E-state index contributed by atoms with van der Waals surface area (Å²) in [5, 5.41) is 44.3. The Balaban J connectivity index is 1.23. The standard InChI is InChI=1S/C74H94ClN21O14/c1-41(2)31-52-66(103)87-51(73(110)96-30-12-20-60(96)72(109)93-59(39-76)63(77)100)19-11-28-82-64(101)53(33-43-13-5-4-6-14-43)85-61(98)37-57(70(107)86-50(65(102)88-52)18-10-29-83-74(78)79)91-71(108)58(38-62(99)94-95-80)92-69(106)56(36-46-15-9-27-81-40-46)90-68(105)55(34-44-22-25-49(75)26-23-44)89-67(104)54(84-42(3)97)35-45-21-24-47-16-7-8-17-48(47)32-45/h4-9,13-17,21-27,32,40-41,50-60H,10-12,18-20,28-31,33-39,76H2,1-3H3,(H2,77,100)(H,82,101)(H,84,97)(H,85,98)(H,86,107)(H,87,103)(H,88,102)(H,89,104)(H,90,105)(H,91,108)(H,92,106)(H,93,109)(H4,78,79,83)/t50-,51+,52+,53+,54-,55-,56-,57+,58+,59?,60+/m1/s1. The van der Waals surface area contributed by atoms with Crippen LogP contribution in [0.25, 0.3) is 21.2 Å². The van der Waals surface area contributed by atoms with Gasteiger partial charge in [0.15, 0.2) is 5.96 Å². The van der Waals surface area contributed by atoms with Crippen LogP contribution in [0.2, 0.25) is 5.02 Å². The van der Waals surface area contributed by atoms with E-state index in [1.54, 1.807) is 80.6 Å². The zero-order chi connectivity index (χ0) is 80.0. The van der Waals surface area contributed by atoms with E-state index in [9.17, 15) is 53.5 Å². The van der Waals surface area contributed by atoms with Crippen LogP contribution in [0.5, 0.6) is 0 Å². The van der Waals surface area contributed by atoms with E-state index in [4.69, 9.17) is 34.2 Å². The second kappa shape index (κ2) is 42.4. The minimum Gasteiger partial charge on any atom is -0.370 e. The zero-order valence-electron chi connectivity index (χ0n) is 61.1. The van der Waals surface area contributed by atoms with Crippen molar-refractivity contribution in [3.8, 4) is 0 Å². The van der Waals surface area contributed by atoms with Crippen molar-refractivity contribution in [1.82, 2.24) is 73.7 Å². The molecule has 2 saturated heterocycles. The lowest BCUT2D eigenvalue weighted by Gasteiger charge is -2.31. The van der Waals surface area contributed by atoms with Crippen molar-refractivity contribution in [2.24, 2.45) is 28.2 Å². The van der Waals surface area contributed by atoms with Crippen LogP contribution in [-0.4, -0.2) is 191 Å². The molecule has 0 spiro atoms. The molecule has 19 N–H and O–H groups in total. The van der Waals surface area contributed by atoms with Crippen molar-refractivity contribution in [2.75, 3.05) is 26.2 Å². The van der Waals surface area contributed by atoms with E-state index in [0.717, 1.165) is 10.8 Å². The molecule has 2 fully saturated rings. The summed E-state index contributed by atoms with van der Waals surface area (Å²) in [5.74, 6) is -14.4. The number of hydrogen-bond acceptors (Lipinski definition) is 17. The lowest BCUT2D eigenvalue weighted by molar-refractivity contribution is -0.142. The third-order valence-corrected chi connectivity index (χ3v) is 18.4. The fourth-order valence-corrected chi connectivity index (χ4v) is 12.7. The molecule has 0 radical (unpaired) electrons. The number of rotatable bonds is 30. The number of primary amides is 1. The van der Waals surface area contributed by atoms with Gasteiger partial charge >= 0.3 is 0 Å². The van der Waals surface area contributed by atoms with Crippen molar-refractivity contribution >= 4 is 111 Å². The van der Waals surface area contributed by atoms with E-state index in [-0.39, 0.29) is 96.3 Å². The number of azide groups is 1. The Labute approximate surface area is 638 Å². The molecule has 586 valence electrons. The van der Waals surface area contributed by atoms with Crippen LogP contribution < -0.4 is 81.0 Å². The lowest BCUT2D eigenvalue weighted by atomic mass is 9.99. The average molecular weight is 1540 g/mol. The smallest absolute Gasteiger partial charge is 0.245 e. The maximum atomic E-state index is 15.2. The number of likely N-dealkylation sites (tertiary alicyclic amines) is 1. The largest absolute Gasteiger partial charge is 0.370 e. The van der Waals surface area contributed by atoms with E-state index in [0.29, 0.717) is 33.7 Å². The van der Waals surface area contributed by atoms with E-state index >= 15 is 19.2 Å². The molecule has 0 aliphatic carbocycles. The third-order valence-electron chi connectivity index (χ3n) is 18.1. The summed E-state index contributed by atoms with van der Waals surface area (Å²) in [6.07, 6.45) is -0.261. The minimum atomic E-state index is -2.14. The first-order valence-electron chi connectivity index (χ1n) is 36.0. The summed E-state index contributed by atoms with van der Waals surface area (Å²) >= 11 is 6.25. The molecular formula is C74H94ClN21O14. The van der Waals surface area contributed by atoms with Gasteiger partial charge in [-0.25, -0.2) is 0 Å². The highest BCUT2D eigenvalue weighted by Crippen LogP contribution is 2.22. The van der Waals surface area contributed by atoms with Crippen LogP contribution in [0.15, 0.2) is 127 Å². The second-order valence-corrected chi connectivity index (χ2v) is 27.6. The maximum absolute atomic E-state index is 15.2. The van der Waals surface area contributed by atoms with E-state index in [2.05, 4.69) is 78.8 Å². The molecule has 0 bridgehead atoms. The summed E-state index contributed by atoms with van der Waals surface area (Å²) < 4.78 is 0. The van der Waals surface area contributed by atoms with E-state index < -0.39 is 168 Å². The first-order valence-corrected chi connectivity index (χ1v) is 36.3. The molecule has 7 rings (SSSR count). The van der Waals surface area contributed by atoms with Gasteiger partial charge in [-0.1, -0.05) is 116 Å². The molecule has 35 nitrogen and oxygen atoms in total. The number of nitrogens with two attached hydrogens (primary N) is 3. The molecule has 2 aliphatic heterocycles. The minimum absolute atomic E-state index is 0.0188. The Morgan fingerprint density at radius 1 is 0.664 bits per heavy atom. The number of halogens is 1. The molecule has 1 unspecified atom stereocenters. The third kappa shape index (κ3) is 27.0. The lowest BCUT2D eigenvalue weighted by Crippen LogP contribution is -2.61. The van der Waals surface area contributed by atoms with Crippen molar-refractivity contribution in [3.05, 3.63) is 159 Å². The molecule has 11 atom stereocenters. The second-order valence-electron chi connectivity index (χ2n) is 27.2. The van der Waals surface area contributed by atoms with Crippen LogP contribution in [0.4, 0.5) is 0 Å². The number of aromatic nitrogens is 1. The Morgan fingerprint density at radius 3 is 1.92 bits per heavy atom. The van der Waals surface area contributed by atoms with Crippen LogP contribution in [0.3, 0.4) is 0 Å². The number of benzene rings is 4. The molecule has 110 heavy (non-hydrogen) atoms. The summed E-state index contributed by atoms with van der Waals surface area (Å²) in [7, 11) is 0. The van der Waals surface area contributed by atoms with E-state index in [1.165, 1.54) is 30.3 Å². The Morgan fingerprint density at radius 2 is 1.28 bits per heavy atom. The molecular weight excluding hydrogens is 1440 g/mol. The van der Waals surface area contributed by atoms with Crippen molar-refractivity contribution in [1.29, 1.82) is 5.41 Å². The average Bonchev–Trinajstić information content (AvgIpc) is 1.42. The van der Waals surface area contributed by atoms with Gasteiger partial charge in [0.05, 0.1) is 6.42 Å². The number of fused-ring (bicyclic) bond motifs is 1. The van der Waals surface area contributed by atoms with Crippen molar-refractivity contribution in [3.63, 3.8) is 0 Å². The molecule has 14 amide bonds. The maximum Gasteiger partial charge on any atom is 0.245 e. The number of hydrogen-bond donors (Lipinski definition) is 16. The van der Waals surface area contributed by atoms with Gasteiger partial charge in [0.25, 0.3) is 0 Å². The van der Waals surface area contributed by atoms with Crippen LogP contribution >= 0.6 is 11.6 Å². The Hall–Kier alpha value is -12.1. The topological polar surface area (TPSA) is 550 Å². The molecule has 0 saturated carbocycles. The van der Waals surface area contributed by atoms with Gasteiger partial charge in [-0.05, 0) is 113 Å². The fraction of sp³-hybridized carbons (Fsp3) is 0.432. The first kappa shape index (κ1) is 85.2. The van der Waals surface area contributed by atoms with Gasteiger partial charge in [0.2, 0.25) is 82.7 Å². The quantitative estimate of drug-likeness (QED) is 0.00675. The highest BCUT2D eigenvalue weighted by Gasteiger charge is 2.41. The van der Waals surface area contributed by atoms with Crippen LogP contribution in [0, 0.1) is 11.3 Å². The highest BCUT2D eigenvalue weighted by atomic mass is 35.5. The normalized spacial score (nSPS) is 19.3. The molecule has 4 aromatic carbocycles. The highest BCUT2D eigenvalue weighted by molar-refractivity contribution is 6.30. The van der Waals surface area contributed by atoms with Crippen LogP contribution in [0.1, 0.15) is 101 Å². The van der Waals surface area contributed by atoms with Gasteiger partial charge in [-0.15, -0.1) is 0 Å².